The molecule has 2 aromatic carbocycles. The van der Waals surface area contributed by atoms with Crippen molar-refractivity contribution < 1.29 is 4.74 Å². The summed E-state index contributed by atoms with van der Waals surface area (Å²) in [5.41, 5.74) is 3.75. The number of benzene rings is 2. The van der Waals surface area contributed by atoms with E-state index in [4.69, 9.17) is 4.74 Å². The Morgan fingerprint density at radius 3 is 2.42 bits per heavy atom. The summed E-state index contributed by atoms with van der Waals surface area (Å²) in [6, 6.07) is 14.7. The molecule has 0 aliphatic rings. The summed E-state index contributed by atoms with van der Waals surface area (Å²) in [6.07, 6.45) is 0.938. The second-order valence-corrected chi connectivity index (χ2v) is 6.56. The first-order valence-electron chi connectivity index (χ1n) is 6.13. The largest absolute Gasteiger partial charge is 0.496 e. The van der Waals surface area contributed by atoms with Crippen LogP contribution in [0.2, 0.25) is 0 Å². The molecule has 0 amide bonds. The molecule has 0 fully saturated rings. The Bertz CT molecular complexity index is 549. The molecule has 0 aliphatic carbocycles. The predicted octanol–water partition coefficient (Wildman–Crippen LogP) is 5.44. The van der Waals surface area contributed by atoms with Crippen molar-refractivity contribution in [3.8, 4) is 5.75 Å². The van der Waals surface area contributed by atoms with E-state index < -0.39 is 0 Å². The Balaban J connectivity index is 2.21. The fraction of sp³-hybridized carbons (Fsp3) is 0.250. The Morgan fingerprint density at radius 1 is 1.11 bits per heavy atom. The Morgan fingerprint density at radius 2 is 1.79 bits per heavy atom. The Kier molecular flexibility index (Phi) is 5.06. The van der Waals surface area contributed by atoms with Crippen LogP contribution < -0.4 is 4.74 Å². The van der Waals surface area contributed by atoms with Gasteiger partial charge in [-0.2, -0.15) is 0 Å². The van der Waals surface area contributed by atoms with Crippen LogP contribution >= 0.6 is 31.9 Å². The van der Waals surface area contributed by atoms with Crippen LogP contribution in [0.1, 0.15) is 21.5 Å². The maximum Gasteiger partial charge on any atom is 0.123 e. The van der Waals surface area contributed by atoms with Crippen molar-refractivity contribution in [2.24, 2.45) is 0 Å². The minimum absolute atomic E-state index is 0.253. The van der Waals surface area contributed by atoms with E-state index in [0.717, 1.165) is 16.6 Å². The van der Waals surface area contributed by atoms with E-state index in [1.165, 1.54) is 16.7 Å². The lowest BCUT2D eigenvalue weighted by Crippen LogP contribution is -1.99. The first-order valence-corrected chi connectivity index (χ1v) is 7.84. The number of hydrogen-bond donors (Lipinski definition) is 0. The third-order valence-electron chi connectivity index (χ3n) is 3.05. The van der Waals surface area contributed by atoms with Gasteiger partial charge in [0.2, 0.25) is 0 Å². The number of methoxy groups -OCH3 is 1. The molecule has 100 valence electrons. The predicted molar refractivity (Wildman–Crippen MR) is 87.2 cm³/mol. The van der Waals surface area contributed by atoms with Crippen molar-refractivity contribution in [3.05, 3.63) is 63.6 Å². The van der Waals surface area contributed by atoms with E-state index in [1.807, 2.05) is 6.07 Å². The van der Waals surface area contributed by atoms with Crippen molar-refractivity contribution in [3.63, 3.8) is 0 Å². The summed E-state index contributed by atoms with van der Waals surface area (Å²) < 4.78 is 6.55. The SMILES string of the molecule is COc1ccc(C)cc1C(Br)Cc1ccc(Br)cc1. The number of ether oxygens (including phenoxy) is 1. The van der Waals surface area contributed by atoms with Gasteiger partial charge in [-0.1, -0.05) is 61.7 Å². The van der Waals surface area contributed by atoms with E-state index in [2.05, 4.69) is 75.2 Å². The topological polar surface area (TPSA) is 9.23 Å². The molecule has 0 N–H and O–H groups in total. The summed E-state index contributed by atoms with van der Waals surface area (Å²) in [4.78, 5) is 0.253. The highest BCUT2D eigenvalue weighted by atomic mass is 79.9. The quantitative estimate of drug-likeness (QED) is 0.638. The van der Waals surface area contributed by atoms with Gasteiger partial charge in [0.25, 0.3) is 0 Å². The van der Waals surface area contributed by atoms with E-state index in [0.29, 0.717) is 0 Å². The molecule has 0 saturated carbocycles. The minimum Gasteiger partial charge on any atom is -0.496 e. The van der Waals surface area contributed by atoms with E-state index in [1.54, 1.807) is 7.11 Å². The number of rotatable bonds is 4. The highest BCUT2D eigenvalue weighted by molar-refractivity contribution is 9.10. The second kappa shape index (κ2) is 6.58. The van der Waals surface area contributed by atoms with Crippen LogP contribution in [0.5, 0.6) is 5.75 Å². The molecule has 1 atom stereocenters. The van der Waals surface area contributed by atoms with Crippen LogP contribution in [0.25, 0.3) is 0 Å². The van der Waals surface area contributed by atoms with E-state index >= 15 is 0 Å². The van der Waals surface area contributed by atoms with Crippen LogP contribution in [0.3, 0.4) is 0 Å². The van der Waals surface area contributed by atoms with Gasteiger partial charge >= 0.3 is 0 Å². The standard InChI is InChI=1S/C16H16Br2O/c1-11-3-8-16(19-2)14(9-11)15(18)10-12-4-6-13(17)7-5-12/h3-9,15H,10H2,1-2H3. The van der Waals surface area contributed by atoms with Crippen LogP contribution in [-0.2, 0) is 6.42 Å². The van der Waals surface area contributed by atoms with Gasteiger partial charge in [-0.15, -0.1) is 0 Å². The Hall–Kier alpha value is -0.800. The molecule has 1 unspecified atom stereocenters. The maximum atomic E-state index is 5.44. The zero-order valence-corrected chi connectivity index (χ0v) is 14.2. The maximum absolute atomic E-state index is 5.44. The van der Waals surface area contributed by atoms with E-state index in [9.17, 15) is 0 Å². The van der Waals surface area contributed by atoms with Crippen molar-refractivity contribution in [2.75, 3.05) is 7.11 Å². The summed E-state index contributed by atoms with van der Waals surface area (Å²) in [5.74, 6) is 0.935. The van der Waals surface area contributed by atoms with Gasteiger partial charge in [0.15, 0.2) is 0 Å². The van der Waals surface area contributed by atoms with Crippen molar-refractivity contribution >= 4 is 31.9 Å². The van der Waals surface area contributed by atoms with Crippen LogP contribution in [0.15, 0.2) is 46.9 Å². The van der Waals surface area contributed by atoms with Crippen LogP contribution in [0, 0.1) is 6.92 Å². The summed E-state index contributed by atoms with van der Waals surface area (Å²) in [5, 5.41) is 0. The van der Waals surface area contributed by atoms with Gasteiger partial charge in [0.05, 0.1) is 7.11 Å². The molecular formula is C16H16Br2O. The minimum atomic E-state index is 0.253. The lowest BCUT2D eigenvalue weighted by atomic mass is 10.0. The molecule has 19 heavy (non-hydrogen) atoms. The molecule has 0 heterocycles. The first-order chi connectivity index (χ1) is 9.10. The summed E-state index contributed by atoms with van der Waals surface area (Å²) in [6.45, 7) is 2.10. The highest BCUT2D eigenvalue weighted by Crippen LogP contribution is 2.34. The van der Waals surface area contributed by atoms with Crippen molar-refractivity contribution in [1.82, 2.24) is 0 Å². The zero-order chi connectivity index (χ0) is 13.8. The molecule has 2 aromatic rings. The fourth-order valence-electron chi connectivity index (χ4n) is 2.04. The monoisotopic (exact) mass is 382 g/mol. The summed E-state index contributed by atoms with van der Waals surface area (Å²) >= 11 is 7.23. The number of halogens is 2. The molecule has 0 radical (unpaired) electrons. The number of aryl methyl sites for hydroxylation is 1. The van der Waals surface area contributed by atoms with Gasteiger partial charge < -0.3 is 4.74 Å². The van der Waals surface area contributed by atoms with Crippen molar-refractivity contribution in [2.45, 2.75) is 18.2 Å². The summed E-state index contributed by atoms with van der Waals surface area (Å²) in [7, 11) is 1.72. The average molecular weight is 384 g/mol. The molecule has 0 spiro atoms. The molecule has 0 aliphatic heterocycles. The molecule has 1 nitrogen and oxygen atoms in total. The third kappa shape index (κ3) is 3.83. The molecule has 0 saturated heterocycles. The molecular weight excluding hydrogens is 368 g/mol. The highest BCUT2D eigenvalue weighted by Gasteiger charge is 2.14. The number of alkyl halides is 1. The van der Waals surface area contributed by atoms with Gasteiger partial charge in [-0.05, 0) is 37.1 Å². The smallest absolute Gasteiger partial charge is 0.123 e. The average Bonchev–Trinajstić information content (AvgIpc) is 2.41. The van der Waals surface area contributed by atoms with Gasteiger partial charge in [-0.25, -0.2) is 0 Å². The fourth-order valence-corrected chi connectivity index (χ4v) is 3.03. The molecule has 0 aromatic heterocycles. The normalized spacial score (nSPS) is 12.2. The third-order valence-corrected chi connectivity index (χ3v) is 4.40. The molecule has 0 bridgehead atoms. The lowest BCUT2D eigenvalue weighted by Gasteiger charge is -2.15. The van der Waals surface area contributed by atoms with Crippen LogP contribution in [-0.4, -0.2) is 7.11 Å². The van der Waals surface area contributed by atoms with Gasteiger partial charge in [0, 0.05) is 14.9 Å². The molecule has 2 rings (SSSR count). The lowest BCUT2D eigenvalue weighted by molar-refractivity contribution is 0.409. The van der Waals surface area contributed by atoms with Gasteiger partial charge in [-0.3, -0.25) is 0 Å². The van der Waals surface area contributed by atoms with Crippen molar-refractivity contribution in [1.29, 1.82) is 0 Å². The van der Waals surface area contributed by atoms with Crippen LogP contribution in [0.4, 0.5) is 0 Å². The zero-order valence-electron chi connectivity index (χ0n) is 11.0. The molecule has 3 heteroatoms. The number of hydrogen-bond acceptors (Lipinski definition) is 1. The second-order valence-electron chi connectivity index (χ2n) is 4.54. The Labute approximate surface area is 131 Å². The first kappa shape index (κ1) is 14.6. The van der Waals surface area contributed by atoms with Gasteiger partial charge in [0.1, 0.15) is 5.75 Å². The van der Waals surface area contributed by atoms with E-state index in [-0.39, 0.29) is 4.83 Å².